The van der Waals surface area contributed by atoms with E-state index in [0.717, 1.165) is 5.56 Å². The van der Waals surface area contributed by atoms with Crippen molar-refractivity contribution in [2.45, 2.75) is 31.8 Å². The summed E-state index contributed by atoms with van der Waals surface area (Å²) in [5.41, 5.74) is 2.92. The van der Waals surface area contributed by atoms with Crippen LogP contribution in [0.2, 0.25) is 0 Å². The predicted molar refractivity (Wildman–Crippen MR) is 95.3 cm³/mol. The number of ether oxygens (including phenoxy) is 1. The molecule has 0 radical (unpaired) electrons. The highest BCUT2D eigenvalue weighted by molar-refractivity contribution is 7.89. The predicted octanol–water partition coefficient (Wildman–Crippen LogP) is 2.29. The van der Waals surface area contributed by atoms with Crippen LogP contribution in [0.3, 0.4) is 0 Å². The van der Waals surface area contributed by atoms with Crippen molar-refractivity contribution in [3.05, 3.63) is 53.1 Å². The van der Waals surface area contributed by atoms with E-state index in [1.807, 2.05) is 19.1 Å². The van der Waals surface area contributed by atoms with Crippen molar-refractivity contribution in [2.75, 3.05) is 11.9 Å². The lowest BCUT2D eigenvalue weighted by Gasteiger charge is -2.26. The largest absolute Gasteiger partial charge is 0.477 e. The molecule has 0 saturated heterocycles. The number of para-hydroxylation sites is 2. The molecule has 1 unspecified atom stereocenters. The van der Waals surface area contributed by atoms with Crippen LogP contribution in [-0.2, 0) is 14.8 Å². The van der Waals surface area contributed by atoms with E-state index in [2.05, 4.69) is 10.0 Å². The Bertz CT molecular complexity index is 915. The van der Waals surface area contributed by atoms with Crippen LogP contribution >= 0.6 is 0 Å². The third-order valence-electron chi connectivity index (χ3n) is 4.04. The van der Waals surface area contributed by atoms with Crippen molar-refractivity contribution >= 4 is 21.6 Å². The molecule has 0 saturated carbocycles. The quantitative estimate of drug-likeness (QED) is 0.876. The van der Waals surface area contributed by atoms with E-state index in [1.54, 1.807) is 38.1 Å². The Labute approximate surface area is 147 Å². The second-order valence-corrected chi connectivity index (χ2v) is 7.88. The van der Waals surface area contributed by atoms with Crippen LogP contribution in [0.15, 0.2) is 41.3 Å². The molecule has 1 aliphatic heterocycles. The molecule has 1 aliphatic rings. The van der Waals surface area contributed by atoms with Gasteiger partial charge < -0.3 is 10.1 Å². The topological polar surface area (TPSA) is 84.5 Å². The number of carbonyl (C=O) groups is 1. The Kier molecular flexibility index (Phi) is 4.53. The first-order valence-corrected chi connectivity index (χ1v) is 9.40. The Hall–Kier alpha value is -2.38. The molecule has 6 nitrogen and oxygen atoms in total. The molecule has 0 aliphatic carbocycles. The number of nitrogens with one attached hydrogen (secondary N) is 2. The number of sulfonamides is 1. The molecule has 2 aromatic rings. The van der Waals surface area contributed by atoms with Crippen molar-refractivity contribution in [2.24, 2.45) is 0 Å². The van der Waals surface area contributed by atoms with E-state index in [1.165, 1.54) is 0 Å². The fourth-order valence-corrected chi connectivity index (χ4v) is 4.56. The minimum absolute atomic E-state index is 0.144. The summed E-state index contributed by atoms with van der Waals surface area (Å²) in [4.78, 5) is 12.4. The number of rotatable bonds is 4. The Balaban J connectivity index is 1.79. The molecule has 2 N–H and O–H groups in total. The smallest absolute Gasteiger partial charge is 0.266 e. The molecule has 1 heterocycles. The molecule has 1 atom stereocenters. The van der Waals surface area contributed by atoms with E-state index in [4.69, 9.17) is 4.74 Å². The van der Waals surface area contributed by atoms with Crippen molar-refractivity contribution in [3.63, 3.8) is 0 Å². The van der Waals surface area contributed by atoms with E-state index >= 15 is 0 Å². The highest BCUT2D eigenvalue weighted by Gasteiger charge is 2.29. The first-order chi connectivity index (χ1) is 11.8. The van der Waals surface area contributed by atoms with Crippen molar-refractivity contribution in [1.82, 2.24) is 4.72 Å². The molecule has 0 aromatic heterocycles. The van der Waals surface area contributed by atoms with Gasteiger partial charge in [0.1, 0.15) is 5.75 Å². The van der Waals surface area contributed by atoms with Gasteiger partial charge >= 0.3 is 0 Å². The normalized spacial score (nSPS) is 16.8. The van der Waals surface area contributed by atoms with Gasteiger partial charge in [-0.05, 0) is 44.0 Å². The lowest BCUT2D eigenvalue weighted by atomic mass is 10.1. The Morgan fingerprint density at radius 2 is 1.76 bits per heavy atom. The average Bonchev–Trinajstić information content (AvgIpc) is 2.51. The third kappa shape index (κ3) is 3.52. The third-order valence-corrected chi connectivity index (χ3v) is 5.77. The highest BCUT2D eigenvalue weighted by atomic mass is 32.2. The van der Waals surface area contributed by atoms with Gasteiger partial charge in [0.25, 0.3) is 5.91 Å². The fraction of sp³-hybridized carbons (Fsp3) is 0.278. The van der Waals surface area contributed by atoms with Crippen LogP contribution in [0.4, 0.5) is 5.69 Å². The van der Waals surface area contributed by atoms with Crippen molar-refractivity contribution in [1.29, 1.82) is 0 Å². The van der Waals surface area contributed by atoms with Gasteiger partial charge in [-0.25, -0.2) is 13.1 Å². The van der Waals surface area contributed by atoms with Crippen LogP contribution in [0.1, 0.15) is 16.7 Å². The second-order valence-electron chi connectivity index (χ2n) is 6.17. The number of amides is 1. The first kappa shape index (κ1) is 17.4. The zero-order valence-electron chi connectivity index (χ0n) is 14.3. The van der Waals surface area contributed by atoms with Crippen LogP contribution in [0.25, 0.3) is 0 Å². The van der Waals surface area contributed by atoms with E-state index in [0.29, 0.717) is 22.6 Å². The van der Waals surface area contributed by atoms with Gasteiger partial charge in [-0.15, -0.1) is 0 Å². The zero-order chi connectivity index (χ0) is 18.2. The molecule has 0 bridgehead atoms. The number of hydrogen-bond donors (Lipinski definition) is 2. The molecule has 3 rings (SSSR count). The van der Waals surface area contributed by atoms with E-state index in [-0.39, 0.29) is 17.3 Å². The number of hydrogen-bond acceptors (Lipinski definition) is 4. The summed E-state index contributed by atoms with van der Waals surface area (Å²) >= 11 is 0. The number of anilines is 1. The lowest BCUT2D eigenvalue weighted by molar-refractivity contribution is -0.123. The van der Waals surface area contributed by atoms with Gasteiger partial charge in [0, 0.05) is 0 Å². The number of aryl methyl sites for hydroxylation is 3. The molecule has 2 aromatic carbocycles. The fourth-order valence-electron chi connectivity index (χ4n) is 3.08. The van der Waals surface area contributed by atoms with Crippen LogP contribution < -0.4 is 14.8 Å². The van der Waals surface area contributed by atoms with Gasteiger partial charge in [-0.2, -0.15) is 0 Å². The molecule has 25 heavy (non-hydrogen) atoms. The minimum Gasteiger partial charge on any atom is -0.477 e. The zero-order valence-corrected chi connectivity index (χ0v) is 15.1. The monoisotopic (exact) mass is 360 g/mol. The maximum absolute atomic E-state index is 12.7. The van der Waals surface area contributed by atoms with Crippen LogP contribution in [0.5, 0.6) is 5.75 Å². The first-order valence-electron chi connectivity index (χ1n) is 7.92. The summed E-state index contributed by atoms with van der Waals surface area (Å²) in [5, 5.41) is 2.72. The summed E-state index contributed by atoms with van der Waals surface area (Å²) in [6, 6.07) is 10.7. The second kappa shape index (κ2) is 6.50. The van der Waals surface area contributed by atoms with Crippen molar-refractivity contribution < 1.29 is 17.9 Å². The Morgan fingerprint density at radius 1 is 1.12 bits per heavy atom. The van der Waals surface area contributed by atoms with Gasteiger partial charge in [0.05, 0.1) is 17.1 Å². The maximum Gasteiger partial charge on any atom is 0.266 e. The SMILES string of the molecule is Cc1cc(C)c(S(=O)(=O)NCC2Oc3ccccc3NC2=O)c(C)c1. The molecule has 132 valence electrons. The molecule has 1 amide bonds. The van der Waals surface area contributed by atoms with Crippen LogP contribution in [0, 0.1) is 20.8 Å². The van der Waals surface area contributed by atoms with Gasteiger partial charge in [0.15, 0.2) is 6.10 Å². The maximum atomic E-state index is 12.7. The summed E-state index contributed by atoms with van der Waals surface area (Å²) < 4.78 is 33.5. The minimum atomic E-state index is -3.75. The van der Waals surface area contributed by atoms with E-state index < -0.39 is 16.1 Å². The lowest BCUT2D eigenvalue weighted by Crippen LogP contribution is -2.45. The summed E-state index contributed by atoms with van der Waals surface area (Å²) in [6.45, 7) is 5.29. The standard InChI is InChI=1S/C18H20N2O4S/c1-11-8-12(2)17(13(3)9-11)25(22,23)19-10-16-18(21)20-14-6-4-5-7-15(14)24-16/h4-9,16,19H,10H2,1-3H3,(H,20,21). The summed E-state index contributed by atoms with van der Waals surface area (Å²) in [5.74, 6) is 0.146. The molecular weight excluding hydrogens is 340 g/mol. The van der Waals surface area contributed by atoms with Gasteiger partial charge in [0.2, 0.25) is 10.0 Å². The average molecular weight is 360 g/mol. The number of fused-ring (bicyclic) bond motifs is 1. The Morgan fingerprint density at radius 3 is 2.44 bits per heavy atom. The summed E-state index contributed by atoms with van der Waals surface area (Å²) in [6.07, 6.45) is -0.921. The van der Waals surface area contributed by atoms with Crippen molar-refractivity contribution in [3.8, 4) is 5.75 Å². The molecular formula is C18H20N2O4S. The highest BCUT2D eigenvalue weighted by Crippen LogP contribution is 2.29. The molecule has 7 heteroatoms. The van der Waals surface area contributed by atoms with Gasteiger partial charge in [-0.3, -0.25) is 4.79 Å². The molecule has 0 spiro atoms. The van der Waals surface area contributed by atoms with Crippen LogP contribution in [-0.4, -0.2) is 27.0 Å². The summed E-state index contributed by atoms with van der Waals surface area (Å²) in [7, 11) is -3.75. The molecule has 0 fully saturated rings. The number of carbonyl (C=O) groups excluding carboxylic acids is 1. The van der Waals surface area contributed by atoms with Gasteiger partial charge in [-0.1, -0.05) is 29.8 Å². The van der Waals surface area contributed by atoms with E-state index in [9.17, 15) is 13.2 Å². The number of benzene rings is 2.